The highest BCUT2D eigenvalue weighted by atomic mass is 32.2. The fourth-order valence-corrected chi connectivity index (χ4v) is 3.41. The average Bonchev–Trinajstić information content (AvgIpc) is 3.35. The van der Waals surface area contributed by atoms with Gasteiger partial charge in [0.15, 0.2) is 11.0 Å². The van der Waals surface area contributed by atoms with E-state index in [1.807, 2.05) is 71.3 Å². The normalized spacial score (nSPS) is 10.8. The highest BCUT2D eigenvalue weighted by Gasteiger charge is 2.15. The highest BCUT2D eigenvalue weighted by molar-refractivity contribution is 7.98. The van der Waals surface area contributed by atoms with Crippen molar-refractivity contribution in [2.45, 2.75) is 17.5 Å². The summed E-state index contributed by atoms with van der Waals surface area (Å²) < 4.78 is 7.79. The summed E-state index contributed by atoms with van der Waals surface area (Å²) in [4.78, 5) is 0. The van der Waals surface area contributed by atoms with E-state index >= 15 is 0 Å². The van der Waals surface area contributed by atoms with E-state index in [0.717, 1.165) is 22.1 Å². The van der Waals surface area contributed by atoms with E-state index in [1.54, 1.807) is 0 Å². The van der Waals surface area contributed by atoms with Crippen LogP contribution in [0.4, 0.5) is 0 Å². The fourth-order valence-electron chi connectivity index (χ4n) is 2.63. The summed E-state index contributed by atoms with van der Waals surface area (Å²) >= 11 is 1.51. The number of thioether (sulfide) groups is 1. The molecule has 0 saturated heterocycles. The van der Waals surface area contributed by atoms with Gasteiger partial charge in [0.05, 0.1) is 5.75 Å². The van der Waals surface area contributed by atoms with Crippen molar-refractivity contribution in [3.05, 3.63) is 79.2 Å². The van der Waals surface area contributed by atoms with Gasteiger partial charge in [-0.05, 0) is 12.1 Å². The maximum Gasteiger partial charge on any atom is 0.247 e. The van der Waals surface area contributed by atoms with Crippen molar-refractivity contribution in [3.63, 3.8) is 0 Å². The molecule has 0 bridgehead atoms. The van der Waals surface area contributed by atoms with E-state index in [4.69, 9.17) is 4.42 Å². The molecule has 0 fully saturated rings. The maximum absolute atomic E-state index is 5.76. The molecule has 0 aliphatic heterocycles. The molecule has 0 atom stereocenters. The number of hydrogen-bond acceptors (Lipinski definition) is 6. The van der Waals surface area contributed by atoms with E-state index in [-0.39, 0.29) is 0 Å². The molecule has 4 aromatic rings. The molecule has 2 heterocycles. The van der Waals surface area contributed by atoms with Crippen LogP contribution in [0.15, 0.2) is 82.9 Å². The third-order valence-electron chi connectivity index (χ3n) is 3.87. The average molecular weight is 375 g/mol. The Hall–Kier alpha value is -3.19. The standard InChI is InChI=1S/C20H17N5OS/c1-2-13-25-18(15-9-5-3-6-10-15)22-24-20(25)27-14-17-21-23-19(26-17)16-11-7-4-8-12-16/h2-12H,1,13-14H2. The number of allylic oxidation sites excluding steroid dienone is 1. The molecule has 4 rings (SSSR count). The van der Waals surface area contributed by atoms with Crippen molar-refractivity contribution in [1.29, 1.82) is 0 Å². The Bertz CT molecular complexity index is 1030. The van der Waals surface area contributed by atoms with Gasteiger partial charge in [-0.15, -0.1) is 27.0 Å². The minimum atomic E-state index is 0.517. The molecular weight excluding hydrogens is 358 g/mol. The van der Waals surface area contributed by atoms with Crippen molar-refractivity contribution in [2.24, 2.45) is 0 Å². The summed E-state index contributed by atoms with van der Waals surface area (Å²) in [5, 5.41) is 17.7. The lowest BCUT2D eigenvalue weighted by Gasteiger charge is -2.06. The van der Waals surface area contributed by atoms with E-state index < -0.39 is 0 Å². The van der Waals surface area contributed by atoms with Gasteiger partial charge < -0.3 is 4.42 Å². The van der Waals surface area contributed by atoms with Gasteiger partial charge in [0.1, 0.15) is 0 Å². The van der Waals surface area contributed by atoms with E-state index in [0.29, 0.717) is 24.1 Å². The monoisotopic (exact) mass is 375 g/mol. The molecular formula is C20H17N5OS. The summed E-state index contributed by atoms with van der Waals surface area (Å²) in [6.07, 6.45) is 1.83. The van der Waals surface area contributed by atoms with Crippen molar-refractivity contribution in [3.8, 4) is 22.8 Å². The molecule has 0 aliphatic rings. The Morgan fingerprint density at radius 2 is 1.59 bits per heavy atom. The van der Waals surface area contributed by atoms with Crippen molar-refractivity contribution in [1.82, 2.24) is 25.0 Å². The SMILES string of the molecule is C=CCn1c(SCc2nnc(-c3ccccc3)o2)nnc1-c1ccccc1. The lowest BCUT2D eigenvalue weighted by atomic mass is 10.2. The van der Waals surface area contributed by atoms with E-state index in [1.165, 1.54) is 11.8 Å². The van der Waals surface area contributed by atoms with Gasteiger partial charge in [0.25, 0.3) is 0 Å². The van der Waals surface area contributed by atoms with Crippen molar-refractivity contribution in [2.75, 3.05) is 0 Å². The first-order valence-corrected chi connectivity index (χ1v) is 9.44. The van der Waals surface area contributed by atoms with Crippen LogP contribution in [0.3, 0.4) is 0 Å². The predicted octanol–water partition coefficient (Wildman–Crippen LogP) is 4.47. The maximum atomic E-state index is 5.76. The van der Waals surface area contributed by atoms with Crippen LogP contribution in [0.1, 0.15) is 5.89 Å². The molecule has 6 nitrogen and oxygen atoms in total. The summed E-state index contributed by atoms with van der Waals surface area (Å²) in [5.74, 6) is 2.40. The molecule has 0 radical (unpaired) electrons. The molecule has 2 aromatic carbocycles. The predicted molar refractivity (Wildman–Crippen MR) is 105 cm³/mol. The van der Waals surface area contributed by atoms with Gasteiger partial charge in [-0.1, -0.05) is 66.4 Å². The van der Waals surface area contributed by atoms with Crippen LogP contribution < -0.4 is 0 Å². The molecule has 7 heteroatoms. The molecule has 0 amide bonds. The molecule has 0 saturated carbocycles. The first kappa shape index (κ1) is 17.2. The third-order valence-corrected chi connectivity index (χ3v) is 4.82. The molecule has 27 heavy (non-hydrogen) atoms. The lowest BCUT2D eigenvalue weighted by molar-refractivity contribution is 0.528. The fraction of sp³-hybridized carbons (Fsp3) is 0.100. The van der Waals surface area contributed by atoms with Gasteiger partial charge in [0.2, 0.25) is 11.8 Å². The van der Waals surface area contributed by atoms with Crippen molar-refractivity contribution >= 4 is 11.8 Å². The largest absolute Gasteiger partial charge is 0.420 e. The van der Waals surface area contributed by atoms with E-state index in [2.05, 4.69) is 27.0 Å². The van der Waals surface area contributed by atoms with Crippen molar-refractivity contribution < 1.29 is 4.42 Å². The number of hydrogen-bond donors (Lipinski definition) is 0. The minimum Gasteiger partial charge on any atom is -0.420 e. The number of benzene rings is 2. The molecule has 0 aliphatic carbocycles. The van der Waals surface area contributed by atoms with Crippen LogP contribution in [0.25, 0.3) is 22.8 Å². The van der Waals surface area contributed by atoms with Crippen LogP contribution in [0.5, 0.6) is 0 Å². The zero-order chi connectivity index (χ0) is 18.5. The van der Waals surface area contributed by atoms with Gasteiger partial charge in [-0.3, -0.25) is 4.57 Å². The number of rotatable bonds is 7. The number of nitrogens with zero attached hydrogens (tertiary/aromatic N) is 5. The first-order valence-electron chi connectivity index (χ1n) is 8.45. The summed E-state index contributed by atoms with van der Waals surface area (Å²) in [5.41, 5.74) is 1.92. The van der Waals surface area contributed by atoms with Gasteiger partial charge >= 0.3 is 0 Å². The van der Waals surface area contributed by atoms with Gasteiger partial charge in [-0.2, -0.15) is 0 Å². The summed E-state index contributed by atoms with van der Waals surface area (Å²) in [6, 6.07) is 19.7. The Morgan fingerprint density at radius 3 is 2.30 bits per heavy atom. The highest BCUT2D eigenvalue weighted by Crippen LogP contribution is 2.27. The second kappa shape index (κ2) is 8.01. The Balaban J connectivity index is 1.53. The smallest absolute Gasteiger partial charge is 0.247 e. The quantitative estimate of drug-likeness (QED) is 0.350. The molecule has 0 unspecified atom stereocenters. The lowest BCUT2D eigenvalue weighted by Crippen LogP contribution is -2.00. The van der Waals surface area contributed by atoms with Crippen LogP contribution >= 0.6 is 11.8 Å². The molecule has 134 valence electrons. The zero-order valence-electron chi connectivity index (χ0n) is 14.5. The zero-order valence-corrected chi connectivity index (χ0v) is 15.3. The third kappa shape index (κ3) is 3.83. The summed E-state index contributed by atoms with van der Waals surface area (Å²) in [7, 11) is 0. The number of aromatic nitrogens is 5. The Kier molecular flexibility index (Phi) is 5.11. The van der Waals surface area contributed by atoms with Gasteiger partial charge in [-0.25, -0.2) is 0 Å². The molecule has 2 aromatic heterocycles. The Morgan fingerprint density at radius 1 is 0.889 bits per heavy atom. The van der Waals surface area contributed by atoms with Crippen LogP contribution in [0.2, 0.25) is 0 Å². The molecule has 0 N–H and O–H groups in total. The van der Waals surface area contributed by atoms with Crippen LogP contribution in [-0.4, -0.2) is 25.0 Å². The molecule has 0 spiro atoms. The second-order valence-electron chi connectivity index (χ2n) is 5.73. The topological polar surface area (TPSA) is 69.6 Å². The summed E-state index contributed by atoms with van der Waals surface area (Å²) in [6.45, 7) is 4.46. The van der Waals surface area contributed by atoms with Crippen LogP contribution in [0, 0.1) is 0 Å². The Labute approximate surface area is 161 Å². The van der Waals surface area contributed by atoms with Gasteiger partial charge in [0, 0.05) is 17.7 Å². The second-order valence-corrected chi connectivity index (χ2v) is 6.67. The van der Waals surface area contributed by atoms with Crippen LogP contribution in [-0.2, 0) is 12.3 Å². The first-order chi connectivity index (χ1) is 13.3. The van der Waals surface area contributed by atoms with E-state index in [9.17, 15) is 0 Å². The minimum absolute atomic E-state index is 0.517.